The molecule has 0 fully saturated rings. The number of fused-ring (bicyclic) bond motifs is 1. The van der Waals surface area contributed by atoms with Gasteiger partial charge in [0.2, 0.25) is 0 Å². The number of nitrogens with zero attached hydrogens (tertiary/aromatic N) is 3. The number of rotatable bonds is 2. The van der Waals surface area contributed by atoms with Gasteiger partial charge >= 0.3 is 0 Å². The van der Waals surface area contributed by atoms with Crippen molar-refractivity contribution in [2.45, 2.75) is 0 Å². The van der Waals surface area contributed by atoms with E-state index in [1.165, 1.54) is 0 Å². The van der Waals surface area contributed by atoms with Crippen molar-refractivity contribution < 1.29 is 4.74 Å². The first kappa shape index (κ1) is 10.7. The average Bonchev–Trinajstić information content (AvgIpc) is 2.47. The van der Waals surface area contributed by atoms with Gasteiger partial charge in [0.05, 0.1) is 7.11 Å². The van der Waals surface area contributed by atoms with Crippen LogP contribution in [0, 0.1) is 0 Å². The zero-order valence-electron chi connectivity index (χ0n) is 9.87. The highest BCUT2D eigenvalue weighted by Crippen LogP contribution is 2.25. The molecule has 4 nitrogen and oxygen atoms in total. The van der Waals surface area contributed by atoms with Crippen LogP contribution in [0.3, 0.4) is 0 Å². The predicted molar refractivity (Wildman–Crippen MR) is 69.3 cm³/mol. The van der Waals surface area contributed by atoms with E-state index in [0.717, 1.165) is 22.3 Å². The summed E-state index contributed by atoms with van der Waals surface area (Å²) in [5.74, 6) is 1.37. The first-order chi connectivity index (χ1) is 8.88. The lowest BCUT2D eigenvalue weighted by atomic mass is 10.2. The van der Waals surface area contributed by atoms with Crippen molar-refractivity contribution in [1.29, 1.82) is 0 Å². The highest BCUT2D eigenvalue weighted by atomic mass is 16.5. The van der Waals surface area contributed by atoms with Gasteiger partial charge < -0.3 is 4.74 Å². The average molecular weight is 237 g/mol. The molecule has 2 heterocycles. The van der Waals surface area contributed by atoms with E-state index >= 15 is 0 Å². The lowest BCUT2D eigenvalue weighted by molar-refractivity contribution is 0.419. The van der Waals surface area contributed by atoms with E-state index in [-0.39, 0.29) is 0 Å². The van der Waals surface area contributed by atoms with Gasteiger partial charge in [0.1, 0.15) is 17.0 Å². The Balaban J connectivity index is 2.22. The molecule has 0 radical (unpaired) electrons. The Morgan fingerprint density at radius 2 is 1.78 bits per heavy atom. The van der Waals surface area contributed by atoms with E-state index in [1.807, 2.05) is 30.3 Å². The third-order valence-corrected chi connectivity index (χ3v) is 2.70. The number of pyridine rings is 1. The van der Waals surface area contributed by atoms with Crippen LogP contribution in [-0.4, -0.2) is 22.1 Å². The van der Waals surface area contributed by atoms with Crippen LogP contribution in [0.15, 0.2) is 48.8 Å². The number of para-hydroxylation sites is 1. The van der Waals surface area contributed by atoms with Gasteiger partial charge in [0.25, 0.3) is 0 Å². The number of hydrogen-bond acceptors (Lipinski definition) is 4. The zero-order chi connectivity index (χ0) is 12.4. The van der Waals surface area contributed by atoms with Crippen molar-refractivity contribution in [2.75, 3.05) is 7.11 Å². The lowest BCUT2D eigenvalue weighted by Gasteiger charge is -2.05. The van der Waals surface area contributed by atoms with Gasteiger partial charge in [0.15, 0.2) is 5.82 Å². The smallest absolute Gasteiger partial charge is 0.178 e. The molecule has 3 rings (SSSR count). The maximum absolute atomic E-state index is 5.32. The summed E-state index contributed by atoms with van der Waals surface area (Å²) in [5.41, 5.74) is 1.57. The van der Waals surface area contributed by atoms with Crippen molar-refractivity contribution in [3.63, 3.8) is 0 Å². The zero-order valence-corrected chi connectivity index (χ0v) is 9.87. The molecule has 0 aliphatic heterocycles. The summed E-state index contributed by atoms with van der Waals surface area (Å²) in [6.07, 6.45) is 3.41. The van der Waals surface area contributed by atoms with Crippen LogP contribution in [0.2, 0.25) is 0 Å². The molecule has 2 aromatic heterocycles. The van der Waals surface area contributed by atoms with E-state index in [2.05, 4.69) is 15.0 Å². The fraction of sp³-hybridized carbons (Fsp3) is 0.0714. The quantitative estimate of drug-likeness (QED) is 0.687. The lowest BCUT2D eigenvalue weighted by Crippen LogP contribution is -1.93. The van der Waals surface area contributed by atoms with E-state index in [1.54, 1.807) is 25.6 Å². The summed E-state index contributed by atoms with van der Waals surface area (Å²) < 4.78 is 5.32. The van der Waals surface area contributed by atoms with Gasteiger partial charge in [-0.15, -0.1) is 0 Å². The molecule has 88 valence electrons. The Labute approximate surface area is 104 Å². The SMILES string of the molecule is COc1cccc2ccc(-c3ncccn3)nc12. The summed E-state index contributed by atoms with van der Waals surface area (Å²) in [4.78, 5) is 13.0. The van der Waals surface area contributed by atoms with Gasteiger partial charge in [-0.3, -0.25) is 0 Å². The highest BCUT2D eigenvalue weighted by Gasteiger charge is 2.06. The minimum atomic E-state index is 0.616. The van der Waals surface area contributed by atoms with Gasteiger partial charge in [-0.25, -0.2) is 15.0 Å². The highest BCUT2D eigenvalue weighted by molar-refractivity contribution is 5.86. The Morgan fingerprint density at radius 1 is 0.944 bits per heavy atom. The van der Waals surface area contributed by atoms with Crippen molar-refractivity contribution in [3.05, 3.63) is 48.8 Å². The molecule has 0 aliphatic rings. The fourth-order valence-corrected chi connectivity index (χ4v) is 1.84. The van der Waals surface area contributed by atoms with E-state index < -0.39 is 0 Å². The molecule has 0 bridgehead atoms. The second-order valence-corrected chi connectivity index (χ2v) is 3.80. The predicted octanol–water partition coefficient (Wildman–Crippen LogP) is 2.70. The molecule has 4 heteroatoms. The number of ether oxygens (including phenoxy) is 1. The fourth-order valence-electron chi connectivity index (χ4n) is 1.84. The number of benzene rings is 1. The van der Waals surface area contributed by atoms with Gasteiger partial charge in [-0.05, 0) is 18.2 Å². The van der Waals surface area contributed by atoms with E-state index in [0.29, 0.717) is 5.82 Å². The molecule has 3 aromatic rings. The second-order valence-electron chi connectivity index (χ2n) is 3.80. The summed E-state index contributed by atoms with van der Waals surface area (Å²) in [6.45, 7) is 0. The normalized spacial score (nSPS) is 10.5. The van der Waals surface area contributed by atoms with Gasteiger partial charge in [0, 0.05) is 17.8 Å². The van der Waals surface area contributed by atoms with E-state index in [4.69, 9.17) is 4.74 Å². The Bertz CT molecular complexity index is 683. The summed E-state index contributed by atoms with van der Waals surface area (Å²) in [6, 6.07) is 11.5. The number of methoxy groups -OCH3 is 1. The summed E-state index contributed by atoms with van der Waals surface area (Å²) in [5, 5.41) is 1.04. The molecular weight excluding hydrogens is 226 g/mol. The van der Waals surface area contributed by atoms with Crippen LogP contribution in [0.5, 0.6) is 5.75 Å². The molecule has 1 aromatic carbocycles. The first-order valence-corrected chi connectivity index (χ1v) is 5.59. The third-order valence-electron chi connectivity index (χ3n) is 2.70. The molecule has 0 N–H and O–H groups in total. The van der Waals surface area contributed by atoms with Crippen LogP contribution in [0.1, 0.15) is 0 Å². The molecule has 0 amide bonds. The molecule has 18 heavy (non-hydrogen) atoms. The maximum Gasteiger partial charge on any atom is 0.178 e. The monoisotopic (exact) mass is 237 g/mol. The van der Waals surface area contributed by atoms with Crippen LogP contribution < -0.4 is 4.74 Å². The largest absolute Gasteiger partial charge is 0.494 e. The van der Waals surface area contributed by atoms with E-state index in [9.17, 15) is 0 Å². The van der Waals surface area contributed by atoms with Crippen molar-refractivity contribution in [3.8, 4) is 17.3 Å². The third kappa shape index (κ3) is 1.78. The number of aromatic nitrogens is 3. The van der Waals surface area contributed by atoms with Crippen molar-refractivity contribution in [1.82, 2.24) is 15.0 Å². The minimum absolute atomic E-state index is 0.616. The number of hydrogen-bond donors (Lipinski definition) is 0. The molecule has 0 atom stereocenters. The summed E-state index contributed by atoms with van der Waals surface area (Å²) >= 11 is 0. The van der Waals surface area contributed by atoms with Crippen LogP contribution >= 0.6 is 0 Å². The first-order valence-electron chi connectivity index (χ1n) is 5.59. The minimum Gasteiger partial charge on any atom is -0.494 e. The van der Waals surface area contributed by atoms with Crippen LogP contribution in [0.4, 0.5) is 0 Å². The Morgan fingerprint density at radius 3 is 2.56 bits per heavy atom. The Kier molecular flexibility index (Phi) is 2.61. The second kappa shape index (κ2) is 4.41. The molecule has 0 unspecified atom stereocenters. The topological polar surface area (TPSA) is 47.9 Å². The Hall–Kier alpha value is -2.49. The molecule has 0 saturated carbocycles. The van der Waals surface area contributed by atoms with Crippen molar-refractivity contribution >= 4 is 10.9 Å². The van der Waals surface area contributed by atoms with Crippen LogP contribution in [-0.2, 0) is 0 Å². The molecular formula is C14H11N3O. The molecule has 0 aliphatic carbocycles. The van der Waals surface area contributed by atoms with Gasteiger partial charge in [-0.1, -0.05) is 18.2 Å². The van der Waals surface area contributed by atoms with Crippen LogP contribution in [0.25, 0.3) is 22.4 Å². The maximum atomic E-state index is 5.32. The molecule has 0 saturated heterocycles. The summed E-state index contributed by atoms with van der Waals surface area (Å²) in [7, 11) is 1.64. The standard InChI is InChI=1S/C14H11N3O/c1-18-12-5-2-4-10-6-7-11(17-13(10)12)14-15-8-3-9-16-14/h2-9H,1H3. The molecule has 0 spiro atoms. The van der Waals surface area contributed by atoms with Crippen molar-refractivity contribution in [2.24, 2.45) is 0 Å². The van der Waals surface area contributed by atoms with Gasteiger partial charge in [-0.2, -0.15) is 0 Å².